The van der Waals surface area contributed by atoms with Gasteiger partial charge in [-0.15, -0.1) is 0 Å². The Hall–Kier alpha value is -1.95. The van der Waals surface area contributed by atoms with Gasteiger partial charge >= 0.3 is 0 Å². The van der Waals surface area contributed by atoms with Crippen molar-refractivity contribution in [3.63, 3.8) is 0 Å². The molecule has 1 saturated heterocycles. The summed E-state index contributed by atoms with van der Waals surface area (Å²) in [5.74, 6) is 0.692. The van der Waals surface area contributed by atoms with Crippen molar-refractivity contribution in [2.45, 2.75) is 31.9 Å². The Labute approximate surface area is 168 Å². The van der Waals surface area contributed by atoms with Gasteiger partial charge in [0, 0.05) is 32.2 Å². The summed E-state index contributed by atoms with van der Waals surface area (Å²) in [6, 6.07) is 15.2. The summed E-state index contributed by atoms with van der Waals surface area (Å²) < 4.78 is 19.2. The van der Waals surface area contributed by atoms with Crippen molar-refractivity contribution < 1.29 is 9.13 Å². The summed E-state index contributed by atoms with van der Waals surface area (Å²) in [7, 11) is 2.19. The molecular weight excluding hydrogens is 353 g/mol. The Kier molecular flexibility index (Phi) is 7.83. The molecule has 3 rings (SSSR count). The van der Waals surface area contributed by atoms with Gasteiger partial charge < -0.3 is 15.4 Å². The Morgan fingerprint density at radius 2 is 1.75 bits per heavy atom. The second-order valence-corrected chi connectivity index (χ2v) is 7.65. The minimum Gasteiger partial charge on any atom is -0.489 e. The molecule has 2 N–H and O–H groups in total. The number of para-hydroxylation sites is 1. The van der Waals surface area contributed by atoms with Crippen molar-refractivity contribution >= 4 is 0 Å². The van der Waals surface area contributed by atoms with Gasteiger partial charge in [0.1, 0.15) is 18.2 Å². The van der Waals surface area contributed by atoms with Crippen molar-refractivity contribution in [2.75, 3.05) is 39.8 Å². The van der Waals surface area contributed by atoms with Crippen LogP contribution in [0, 0.1) is 5.82 Å². The van der Waals surface area contributed by atoms with Crippen LogP contribution in [0.4, 0.5) is 4.39 Å². The summed E-state index contributed by atoms with van der Waals surface area (Å²) in [6.45, 7) is 5.60. The number of hydrogen-bond donors (Lipinski definition) is 1. The van der Waals surface area contributed by atoms with Crippen LogP contribution < -0.4 is 10.5 Å². The quantitative estimate of drug-likeness (QED) is 0.719. The van der Waals surface area contributed by atoms with Crippen molar-refractivity contribution in [3.05, 3.63) is 65.5 Å². The molecule has 0 spiro atoms. The lowest BCUT2D eigenvalue weighted by atomic mass is 9.98. The molecule has 0 amide bonds. The summed E-state index contributed by atoms with van der Waals surface area (Å²) in [4.78, 5) is 4.99. The first kappa shape index (κ1) is 20.8. The third kappa shape index (κ3) is 6.03. The maximum atomic E-state index is 13.1. The fraction of sp³-hybridized carbons (Fsp3) is 0.478. The first-order valence-corrected chi connectivity index (χ1v) is 10.2. The van der Waals surface area contributed by atoms with Gasteiger partial charge in [-0.1, -0.05) is 30.3 Å². The first-order valence-electron chi connectivity index (χ1n) is 10.2. The van der Waals surface area contributed by atoms with Crippen molar-refractivity contribution in [2.24, 2.45) is 5.73 Å². The lowest BCUT2D eigenvalue weighted by molar-refractivity contribution is 0.105. The largest absolute Gasteiger partial charge is 0.489 e. The molecule has 2 aromatic rings. The van der Waals surface area contributed by atoms with Crippen LogP contribution in [0.25, 0.3) is 0 Å². The number of benzene rings is 2. The van der Waals surface area contributed by atoms with Gasteiger partial charge in [-0.2, -0.15) is 0 Å². The van der Waals surface area contributed by atoms with Gasteiger partial charge in [0.15, 0.2) is 0 Å². The minimum absolute atomic E-state index is 0.223. The van der Waals surface area contributed by atoms with Crippen LogP contribution in [-0.4, -0.2) is 55.6 Å². The van der Waals surface area contributed by atoms with E-state index in [1.54, 1.807) is 12.1 Å². The third-order valence-electron chi connectivity index (χ3n) is 5.53. The zero-order valence-corrected chi connectivity index (χ0v) is 16.8. The average molecular weight is 386 g/mol. The van der Waals surface area contributed by atoms with Crippen LogP contribution in [0.2, 0.25) is 0 Å². The standard InChI is InChI=1S/C23H32FN3O/c1-26-13-15-27(16-14-26)22(6-4-12-25)17-20-5-2-3-7-23(20)28-18-19-8-10-21(24)11-9-19/h2-3,5,7-11,22H,4,6,12-18,25H2,1H3. The number of likely N-dealkylation sites (N-methyl/N-ethyl adjacent to an activating group) is 1. The molecule has 1 atom stereocenters. The molecule has 1 heterocycles. The predicted molar refractivity (Wildman–Crippen MR) is 112 cm³/mol. The Balaban J connectivity index is 1.67. The van der Waals surface area contributed by atoms with E-state index in [2.05, 4.69) is 29.0 Å². The molecule has 28 heavy (non-hydrogen) atoms. The van der Waals surface area contributed by atoms with E-state index in [-0.39, 0.29) is 5.82 Å². The van der Waals surface area contributed by atoms with E-state index in [0.29, 0.717) is 12.6 Å². The van der Waals surface area contributed by atoms with Gasteiger partial charge in [0.2, 0.25) is 0 Å². The topological polar surface area (TPSA) is 41.7 Å². The van der Waals surface area contributed by atoms with Crippen molar-refractivity contribution in [1.29, 1.82) is 0 Å². The number of hydrogen-bond acceptors (Lipinski definition) is 4. The maximum absolute atomic E-state index is 13.1. The molecule has 152 valence electrons. The lowest BCUT2D eigenvalue weighted by Crippen LogP contribution is -2.49. The van der Waals surface area contributed by atoms with Gasteiger partial charge in [-0.25, -0.2) is 4.39 Å². The highest BCUT2D eigenvalue weighted by Gasteiger charge is 2.23. The molecule has 0 saturated carbocycles. The summed E-state index contributed by atoms with van der Waals surface area (Å²) in [6.07, 6.45) is 3.10. The molecule has 1 fully saturated rings. The molecule has 0 aromatic heterocycles. The molecule has 4 nitrogen and oxygen atoms in total. The first-order chi connectivity index (χ1) is 13.7. The highest BCUT2D eigenvalue weighted by atomic mass is 19.1. The van der Waals surface area contributed by atoms with E-state index < -0.39 is 0 Å². The van der Waals surface area contributed by atoms with Gasteiger partial charge in [-0.3, -0.25) is 4.90 Å². The fourth-order valence-electron chi connectivity index (χ4n) is 3.76. The number of halogens is 1. The van der Waals surface area contributed by atoms with Crippen LogP contribution >= 0.6 is 0 Å². The Morgan fingerprint density at radius 1 is 1.04 bits per heavy atom. The fourth-order valence-corrected chi connectivity index (χ4v) is 3.76. The van der Waals surface area contributed by atoms with Gasteiger partial charge in [-0.05, 0) is 62.2 Å². The zero-order valence-electron chi connectivity index (χ0n) is 16.8. The summed E-state index contributed by atoms with van der Waals surface area (Å²) in [5, 5.41) is 0. The van der Waals surface area contributed by atoms with Crippen LogP contribution in [0.1, 0.15) is 24.0 Å². The van der Waals surface area contributed by atoms with E-state index in [4.69, 9.17) is 10.5 Å². The van der Waals surface area contributed by atoms with Crippen LogP contribution in [-0.2, 0) is 13.0 Å². The molecule has 5 heteroatoms. The number of piperazine rings is 1. The molecule has 1 aliphatic heterocycles. The summed E-state index contributed by atoms with van der Waals surface area (Å²) >= 11 is 0. The third-order valence-corrected chi connectivity index (χ3v) is 5.53. The maximum Gasteiger partial charge on any atom is 0.123 e. The number of rotatable bonds is 9. The van der Waals surface area contributed by atoms with E-state index in [1.807, 2.05) is 12.1 Å². The Bertz CT molecular complexity index is 714. The molecule has 0 bridgehead atoms. The van der Waals surface area contributed by atoms with Crippen molar-refractivity contribution in [3.8, 4) is 5.75 Å². The van der Waals surface area contributed by atoms with Crippen LogP contribution in [0.15, 0.2) is 48.5 Å². The summed E-state index contributed by atoms with van der Waals surface area (Å²) in [5.41, 5.74) is 7.99. The second kappa shape index (κ2) is 10.6. The van der Waals surface area contributed by atoms with E-state index in [0.717, 1.165) is 63.3 Å². The minimum atomic E-state index is -0.223. The molecule has 2 aromatic carbocycles. The number of ether oxygens (including phenoxy) is 1. The van der Waals surface area contributed by atoms with E-state index in [1.165, 1.54) is 17.7 Å². The lowest BCUT2D eigenvalue weighted by Gasteiger charge is -2.38. The van der Waals surface area contributed by atoms with Gasteiger partial charge in [0.25, 0.3) is 0 Å². The monoisotopic (exact) mass is 385 g/mol. The normalized spacial score (nSPS) is 16.8. The molecule has 1 unspecified atom stereocenters. The van der Waals surface area contributed by atoms with Gasteiger partial charge in [0.05, 0.1) is 0 Å². The van der Waals surface area contributed by atoms with Crippen LogP contribution in [0.3, 0.4) is 0 Å². The zero-order chi connectivity index (χ0) is 19.8. The molecular formula is C23H32FN3O. The highest BCUT2D eigenvalue weighted by Crippen LogP contribution is 2.24. The molecule has 1 aliphatic rings. The number of nitrogens with two attached hydrogens (primary N) is 1. The predicted octanol–water partition coefficient (Wildman–Crippen LogP) is 3.30. The molecule has 0 radical (unpaired) electrons. The molecule has 0 aliphatic carbocycles. The van der Waals surface area contributed by atoms with E-state index in [9.17, 15) is 4.39 Å². The highest BCUT2D eigenvalue weighted by molar-refractivity contribution is 5.34. The van der Waals surface area contributed by atoms with E-state index >= 15 is 0 Å². The van der Waals surface area contributed by atoms with Crippen molar-refractivity contribution in [1.82, 2.24) is 9.80 Å². The second-order valence-electron chi connectivity index (χ2n) is 7.65. The smallest absolute Gasteiger partial charge is 0.123 e. The SMILES string of the molecule is CN1CCN(C(CCCN)Cc2ccccc2OCc2ccc(F)cc2)CC1. The van der Waals surface area contributed by atoms with Crippen LogP contribution in [0.5, 0.6) is 5.75 Å². The average Bonchev–Trinajstić information content (AvgIpc) is 2.72. The Morgan fingerprint density at radius 3 is 2.46 bits per heavy atom. The number of nitrogens with zero attached hydrogens (tertiary/aromatic N) is 2.